The molecule has 2 saturated heterocycles. The summed E-state index contributed by atoms with van der Waals surface area (Å²) in [6.07, 6.45) is 10.7. The zero-order chi connectivity index (χ0) is 23.6. The number of ether oxygens (including phenoxy) is 1. The van der Waals surface area contributed by atoms with Crippen molar-refractivity contribution in [2.24, 2.45) is 5.92 Å². The Hall–Kier alpha value is -3.12. The first kappa shape index (κ1) is 22.4. The highest BCUT2D eigenvalue weighted by molar-refractivity contribution is 5.96. The van der Waals surface area contributed by atoms with Crippen LogP contribution in [0, 0.1) is 5.92 Å². The second-order valence-electron chi connectivity index (χ2n) is 10.2. The molecular formula is C29H34N4O2. The third-order valence-corrected chi connectivity index (χ3v) is 7.90. The van der Waals surface area contributed by atoms with Gasteiger partial charge in [0, 0.05) is 55.8 Å². The molecule has 3 aromatic rings. The Morgan fingerprint density at radius 1 is 0.914 bits per heavy atom. The van der Waals surface area contributed by atoms with E-state index in [1.54, 1.807) is 0 Å². The second kappa shape index (κ2) is 9.86. The minimum atomic E-state index is 0.0769. The van der Waals surface area contributed by atoms with E-state index in [1.807, 2.05) is 29.1 Å². The lowest BCUT2D eigenvalue weighted by molar-refractivity contribution is -0.0394. The molecule has 0 spiro atoms. The Morgan fingerprint density at radius 2 is 1.74 bits per heavy atom. The molecule has 1 aromatic heterocycles. The number of hydrogen-bond acceptors (Lipinski definition) is 4. The molecule has 0 radical (unpaired) electrons. The highest BCUT2D eigenvalue weighted by Crippen LogP contribution is 2.29. The van der Waals surface area contributed by atoms with Crippen molar-refractivity contribution in [3.8, 4) is 11.1 Å². The fourth-order valence-electron chi connectivity index (χ4n) is 5.78. The Balaban J connectivity index is 1.03. The molecule has 182 valence electrons. The van der Waals surface area contributed by atoms with Crippen LogP contribution in [0.5, 0.6) is 0 Å². The molecule has 0 bridgehead atoms. The number of aromatic nitrogens is 2. The summed E-state index contributed by atoms with van der Waals surface area (Å²) < 4.78 is 7.83. The van der Waals surface area contributed by atoms with Crippen molar-refractivity contribution in [2.75, 3.05) is 37.7 Å². The van der Waals surface area contributed by atoms with E-state index < -0.39 is 0 Å². The lowest BCUT2D eigenvalue weighted by Crippen LogP contribution is -2.43. The number of rotatable bonds is 5. The maximum absolute atomic E-state index is 12.9. The number of carbonyl (C=O) groups is 1. The van der Waals surface area contributed by atoms with Gasteiger partial charge in [0.25, 0.3) is 5.91 Å². The summed E-state index contributed by atoms with van der Waals surface area (Å²) in [6.45, 7) is 4.64. The van der Waals surface area contributed by atoms with Gasteiger partial charge in [0.2, 0.25) is 0 Å². The number of piperidine rings is 1. The van der Waals surface area contributed by atoms with Gasteiger partial charge in [-0.2, -0.15) is 5.10 Å². The molecule has 6 rings (SSSR count). The van der Waals surface area contributed by atoms with Gasteiger partial charge in [0.05, 0.1) is 6.20 Å². The molecule has 4 heterocycles. The van der Waals surface area contributed by atoms with Crippen LogP contribution in [0.25, 0.3) is 11.1 Å². The van der Waals surface area contributed by atoms with Crippen molar-refractivity contribution < 1.29 is 9.53 Å². The largest absolute Gasteiger partial charge is 0.372 e. The predicted molar refractivity (Wildman–Crippen MR) is 137 cm³/mol. The Bertz CT molecular complexity index is 1160. The van der Waals surface area contributed by atoms with Crippen LogP contribution in [0.15, 0.2) is 60.9 Å². The molecule has 1 amide bonds. The van der Waals surface area contributed by atoms with E-state index in [0.29, 0.717) is 5.92 Å². The Kier molecular flexibility index (Phi) is 6.30. The van der Waals surface area contributed by atoms with Crippen molar-refractivity contribution in [2.45, 2.75) is 44.8 Å². The van der Waals surface area contributed by atoms with E-state index >= 15 is 0 Å². The summed E-state index contributed by atoms with van der Waals surface area (Å²) in [6, 6.07) is 16.9. The topological polar surface area (TPSA) is 50.6 Å². The highest BCUT2D eigenvalue weighted by atomic mass is 16.5. The third-order valence-electron chi connectivity index (χ3n) is 7.90. The molecule has 1 atom stereocenters. The average molecular weight is 471 g/mol. The number of carbonyl (C=O) groups excluding carboxylic acids is 1. The minimum absolute atomic E-state index is 0.0769. The van der Waals surface area contributed by atoms with E-state index in [9.17, 15) is 4.79 Å². The molecule has 0 aliphatic carbocycles. The SMILES string of the molecule is O=C1c2ccccc2CCN1CC1CCN(c2ccc(-c3cnn(C4CCCCO4)c3)cc2)CC1. The molecule has 6 nitrogen and oxygen atoms in total. The van der Waals surface area contributed by atoms with Crippen molar-refractivity contribution in [1.82, 2.24) is 14.7 Å². The van der Waals surface area contributed by atoms with Gasteiger partial charge in [-0.25, -0.2) is 4.68 Å². The number of anilines is 1. The van der Waals surface area contributed by atoms with Crippen LogP contribution in [0.2, 0.25) is 0 Å². The summed E-state index contributed by atoms with van der Waals surface area (Å²) in [7, 11) is 0. The van der Waals surface area contributed by atoms with Crippen LogP contribution in [0.4, 0.5) is 5.69 Å². The number of nitrogens with zero attached hydrogens (tertiary/aromatic N) is 4. The first-order chi connectivity index (χ1) is 17.2. The van der Waals surface area contributed by atoms with Gasteiger partial charge < -0.3 is 14.5 Å². The highest BCUT2D eigenvalue weighted by Gasteiger charge is 2.28. The zero-order valence-corrected chi connectivity index (χ0v) is 20.3. The quantitative estimate of drug-likeness (QED) is 0.517. The molecule has 6 heteroatoms. The van der Waals surface area contributed by atoms with Crippen molar-refractivity contribution in [1.29, 1.82) is 0 Å². The Labute approximate surface area is 207 Å². The monoisotopic (exact) mass is 470 g/mol. The fraction of sp³-hybridized carbons (Fsp3) is 0.448. The van der Waals surface area contributed by atoms with Gasteiger partial charge in [0.15, 0.2) is 0 Å². The maximum Gasteiger partial charge on any atom is 0.254 e. The molecule has 3 aliphatic rings. The maximum atomic E-state index is 12.9. The van der Waals surface area contributed by atoms with Crippen LogP contribution in [0.3, 0.4) is 0 Å². The summed E-state index contributed by atoms with van der Waals surface area (Å²) >= 11 is 0. The molecule has 0 N–H and O–H groups in total. The molecule has 35 heavy (non-hydrogen) atoms. The standard InChI is InChI=1S/C29H34N4O2/c34-29-27-6-2-1-5-24(27)14-17-32(29)20-22-12-15-31(16-13-22)26-10-8-23(9-11-26)25-19-30-33(21-25)28-7-3-4-18-35-28/h1-2,5-6,8-11,19,21-22,28H,3-4,7,12-18,20H2. The van der Waals surface area contributed by atoms with Crippen molar-refractivity contribution in [3.05, 3.63) is 72.1 Å². The molecule has 2 fully saturated rings. The van der Waals surface area contributed by atoms with Crippen molar-refractivity contribution >= 4 is 11.6 Å². The van der Waals surface area contributed by atoms with E-state index in [4.69, 9.17) is 4.74 Å². The molecule has 1 unspecified atom stereocenters. The first-order valence-electron chi connectivity index (χ1n) is 13.1. The van der Waals surface area contributed by atoms with Crippen LogP contribution < -0.4 is 4.90 Å². The minimum Gasteiger partial charge on any atom is -0.372 e. The summed E-state index contributed by atoms with van der Waals surface area (Å²) in [5.41, 5.74) is 5.69. The third kappa shape index (κ3) is 4.72. The lowest BCUT2D eigenvalue weighted by atomic mass is 9.93. The van der Waals surface area contributed by atoms with Crippen molar-refractivity contribution in [3.63, 3.8) is 0 Å². The fourth-order valence-corrected chi connectivity index (χ4v) is 5.78. The molecule has 0 saturated carbocycles. The van der Waals surface area contributed by atoms with E-state index in [2.05, 4.69) is 51.4 Å². The van der Waals surface area contributed by atoms with Gasteiger partial charge in [-0.05, 0) is 73.8 Å². The summed E-state index contributed by atoms with van der Waals surface area (Å²) in [5, 5.41) is 4.56. The second-order valence-corrected chi connectivity index (χ2v) is 10.2. The predicted octanol–water partition coefficient (Wildman–Crippen LogP) is 5.16. The number of amides is 1. The molecule has 3 aliphatic heterocycles. The van der Waals surface area contributed by atoms with Gasteiger partial charge in [-0.1, -0.05) is 30.3 Å². The van der Waals surface area contributed by atoms with Gasteiger partial charge in [0.1, 0.15) is 6.23 Å². The van der Waals surface area contributed by atoms with Gasteiger partial charge >= 0.3 is 0 Å². The molecule has 2 aromatic carbocycles. The van der Waals surface area contributed by atoms with Crippen LogP contribution >= 0.6 is 0 Å². The van der Waals surface area contributed by atoms with Crippen LogP contribution in [-0.4, -0.2) is 53.4 Å². The summed E-state index contributed by atoms with van der Waals surface area (Å²) in [5.74, 6) is 0.788. The smallest absolute Gasteiger partial charge is 0.254 e. The Morgan fingerprint density at radius 3 is 2.54 bits per heavy atom. The number of hydrogen-bond donors (Lipinski definition) is 0. The molecular weight excluding hydrogens is 436 g/mol. The van der Waals surface area contributed by atoms with Crippen LogP contribution in [-0.2, 0) is 11.2 Å². The van der Waals surface area contributed by atoms with Gasteiger partial charge in [-0.15, -0.1) is 0 Å². The van der Waals surface area contributed by atoms with E-state index in [1.165, 1.54) is 23.2 Å². The average Bonchev–Trinajstić information content (AvgIpc) is 3.42. The summed E-state index contributed by atoms with van der Waals surface area (Å²) in [4.78, 5) is 17.5. The lowest BCUT2D eigenvalue weighted by Gasteiger charge is -2.37. The number of benzene rings is 2. The van der Waals surface area contributed by atoms with E-state index in [0.717, 1.165) is 76.0 Å². The van der Waals surface area contributed by atoms with E-state index in [-0.39, 0.29) is 12.1 Å². The zero-order valence-electron chi connectivity index (χ0n) is 20.3. The first-order valence-corrected chi connectivity index (χ1v) is 13.1. The normalized spacial score (nSPS) is 21.3. The number of fused-ring (bicyclic) bond motifs is 1. The van der Waals surface area contributed by atoms with Crippen LogP contribution in [0.1, 0.15) is 54.3 Å². The van der Waals surface area contributed by atoms with Gasteiger partial charge in [-0.3, -0.25) is 4.79 Å².